The molecule has 5 atom stereocenters. The number of carboxylic acids is 1. The van der Waals surface area contributed by atoms with E-state index in [0.717, 1.165) is 12.8 Å². The maximum atomic E-state index is 14.1. The topological polar surface area (TPSA) is 107 Å². The van der Waals surface area contributed by atoms with Crippen LogP contribution >= 0.6 is 11.6 Å². The molecule has 1 aromatic carbocycles. The number of carbonyl (C=O) groups is 3. The van der Waals surface area contributed by atoms with Crippen molar-refractivity contribution in [3.63, 3.8) is 0 Å². The fraction of sp³-hybridized carbons (Fsp3) is 0.560. The molecule has 0 aromatic heterocycles. The molecule has 3 heterocycles. The number of hydrogen-bond donors (Lipinski definition) is 2. The van der Waals surface area contributed by atoms with E-state index in [9.17, 15) is 19.5 Å². The molecular formula is C25H31ClN2O6. The zero-order chi connectivity index (χ0) is 24.5. The highest BCUT2D eigenvalue weighted by Crippen LogP contribution is 2.58. The van der Waals surface area contributed by atoms with Crippen molar-refractivity contribution in [3.8, 4) is 0 Å². The maximum absolute atomic E-state index is 14.1. The number of rotatable bonds is 11. The summed E-state index contributed by atoms with van der Waals surface area (Å²) in [5.74, 6) is -3.49. The van der Waals surface area contributed by atoms with Crippen LogP contribution < -0.4 is 4.90 Å². The van der Waals surface area contributed by atoms with Crippen molar-refractivity contribution in [2.24, 2.45) is 11.8 Å². The Hall–Kier alpha value is -2.42. The van der Waals surface area contributed by atoms with Crippen LogP contribution in [0.15, 0.2) is 36.9 Å². The molecule has 2 N–H and O–H groups in total. The smallest absolute Gasteiger partial charge is 0.310 e. The van der Waals surface area contributed by atoms with Crippen LogP contribution in [0.3, 0.4) is 0 Å². The summed E-state index contributed by atoms with van der Waals surface area (Å²) in [7, 11) is 0. The first kappa shape index (κ1) is 24.7. The van der Waals surface area contributed by atoms with Gasteiger partial charge in [0.2, 0.25) is 5.91 Å². The summed E-state index contributed by atoms with van der Waals surface area (Å²) in [6.07, 6.45) is 4.98. The Bertz CT molecular complexity index is 953. The van der Waals surface area contributed by atoms with Gasteiger partial charge in [0.1, 0.15) is 11.6 Å². The van der Waals surface area contributed by atoms with Gasteiger partial charge in [0.15, 0.2) is 0 Å². The number of nitrogens with zero attached hydrogens (tertiary/aromatic N) is 2. The van der Waals surface area contributed by atoms with Crippen LogP contribution in [0.25, 0.3) is 0 Å². The lowest BCUT2D eigenvalue weighted by molar-refractivity contribution is -0.149. The van der Waals surface area contributed by atoms with Crippen molar-refractivity contribution in [3.05, 3.63) is 41.9 Å². The van der Waals surface area contributed by atoms with E-state index < -0.39 is 35.6 Å². The lowest BCUT2D eigenvalue weighted by Crippen LogP contribution is -2.56. The Labute approximate surface area is 204 Å². The third-order valence-corrected chi connectivity index (χ3v) is 7.59. The second-order valence-corrected chi connectivity index (χ2v) is 9.71. The van der Waals surface area contributed by atoms with E-state index in [1.807, 2.05) is 0 Å². The normalized spacial score (nSPS) is 29.4. The number of carbonyl (C=O) groups excluding carboxylic acids is 2. The first-order valence-corrected chi connectivity index (χ1v) is 12.2. The molecule has 2 amide bonds. The molecule has 3 aliphatic rings. The molecule has 0 radical (unpaired) electrons. The Morgan fingerprint density at radius 1 is 1.24 bits per heavy atom. The third kappa shape index (κ3) is 4.12. The average molecular weight is 491 g/mol. The highest BCUT2D eigenvalue weighted by atomic mass is 35.5. The lowest BCUT2D eigenvalue weighted by atomic mass is 9.70. The van der Waals surface area contributed by atoms with Crippen LogP contribution in [-0.2, 0) is 19.1 Å². The minimum atomic E-state index is -1.14. The van der Waals surface area contributed by atoms with Crippen molar-refractivity contribution in [1.29, 1.82) is 0 Å². The summed E-state index contributed by atoms with van der Waals surface area (Å²) in [6, 6.07) is 5.95. The molecule has 0 aliphatic carbocycles. The predicted molar refractivity (Wildman–Crippen MR) is 127 cm³/mol. The average Bonchev–Trinajstić information content (AvgIpc) is 3.45. The number of fused-ring (bicyclic) bond motifs is 1. The highest BCUT2D eigenvalue weighted by molar-refractivity contribution is 6.30. The molecule has 3 fully saturated rings. The molecule has 184 valence electrons. The summed E-state index contributed by atoms with van der Waals surface area (Å²) in [4.78, 5) is 42.9. The quantitative estimate of drug-likeness (QED) is 0.365. The Balaban J connectivity index is 1.68. The Morgan fingerprint density at radius 2 is 1.94 bits per heavy atom. The van der Waals surface area contributed by atoms with Gasteiger partial charge in [-0.1, -0.05) is 30.5 Å². The van der Waals surface area contributed by atoms with Gasteiger partial charge in [0, 0.05) is 30.4 Å². The van der Waals surface area contributed by atoms with Crippen LogP contribution in [0.4, 0.5) is 5.69 Å². The Kier molecular flexibility index (Phi) is 7.31. The van der Waals surface area contributed by atoms with Gasteiger partial charge in [-0.3, -0.25) is 14.4 Å². The minimum absolute atomic E-state index is 0.113. The molecule has 0 saturated carbocycles. The molecular weight excluding hydrogens is 460 g/mol. The van der Waals surface area contributed by atoms with E-state index in [-0.39, 0.29) is 25.0 Å². The Morgan fingerprint density at radius 3 is 2.59 bits per heavy atom. The van der Waals surface area contributed by atoms with Crippen molar-refractivity contribution >= 4 is 35.1 Å². The number of aliphatic hydroxyl groups excluding tert-OH is 1. The molecule has 1 aromatic rings. The summed E-state index contributed by atoms with van der Waals surface area (Å²) in [5.41, 5.74) is -0.523. The minimum Gasteiger partial charge on any atom is -0.481 e. The van der Waals surface area contributed by atoms with Crippen LogP contribution in [0.1, 0.15) is 38.5 Å². The van der Waals surface area contributed by atoms with E-state index in [0.29, 0.717) is 42.9 Å². The molecule has 3 saturated heterocycles. The van der Waals surface area contributed by atoms with Gasteiger partial charge in [-0.05, 0) is 49.9 Å². The SMILES string of the molecule is C=CCN(C(=O)[C@@H]1N(CCCCCCO)C(=O)[C@H]2[C@H](C(=O)O)[C@@H]3CC[C@]12O3)c1ccc(Cl)cc1. The maximum Gasteiger partial charge on any atom is 0.310 e. The molecule has 9 heteroatoms. The lowest BCUT2D eigenvalue weighted by Gasteiger charge is -2.36. The predicted octanol–water partition coefficient (Wildman–Crippen LogP) is 2.87. The number of benzene rings is 1. The van der Waals surface area contributed by atoms with Gasteiger partial charge >= 0.3 is 5.97 Å². The summed E-state index contributed by atoms with van der Waals surface area (Å²) in [5, 5.41) is 19.4. The molecule has 2 bridgehead atoms. The summed E-state index contributed by atoms with van der Waals surface area (Å²) < 4.78 is 6.25. The van der Waals surface area contributed by atoms with E-state index >= 15 is 0 Å². The number of amides is 2. The van der Waals surface area contributed by atoms with Gasteiger partial charge in [0.25, 0.3) is 5.91 Å². The van der Waals surface area contributed by atoms with Gasteiger partial charge in [-0.2, -0.15) is 0 Å². The van der Waals surface area contributed by atoms with E-state index in [4.69, 9.17) is 21.4 Å². The van der Waals surface area contributed by atoms with E-state index in [2.05, 4.69) is 6.58 Å². The first-order valence-electron chi connectivity index (χ1n) is 11.9. The first-order chi connectivity index (χ1) is 16.4. The largest absolute Gasteiger partial charge is 0.481 e. The second kappa shape index (κ2) is 10.1. The van der Waals surface area contributed by atoms with E-state index in [1.54, 1.807) is 40.1 Å². The summed E-state index contributed by atoms with van der Waals surface area (Å²) >= 11 is 6.04. The molecule has 4 rings (SSSR count). The second-order valence-electron chi connectivity index (χ2n) is 9.28. The van der Waals surface area contributed by atoms with Crippen LogP contribution in [0.2, 0.25) is 5.02 Å². The van der Waals surface area contributed by atoms with Gasteiger partial charge < -0.3 is 24.7 Å². The monoisotopic (exact) mass is 490 g/mol. The molecule has 8 nitrogen and oxygen atoms in total. The highest BCUT2D eigenvalue weighted by Gasteiger charge is 2.74. The van der Waals surface area contributed by atoms with Crippen molar-refractivity contribution in [2.75, 3.05) is 24.6 Å². The van der Waals surface area contributed by atoms with Crippen LogP contribution in [0, 0.1) is 11.8 Å². The van der Waals surface area contributed by atoms with E-state index in [1.165, 1.54) is 0 Å². The number of aliphatic hydroxyl groups is 1. The van der Waals surface area contributed by atoms with Crippen LogP contribution in [-0.4, -0.2) is 70.3 Å². The fourth-order valence-electron chi connectivity index (χ4n) is 5.92. The van der Waals surface area contributed by atoms with Gasteiger partial charge in [0.05, 0.1) is 17.9 Å². The number of aliphatic carboxylic acids is 1. The molecule has 0 unspecified atom stereocenters. The number of hydrogen-bond acceptors (Lipinski definition) is 5. The zero-order valence-electron chi connectivity index (χ0n) is 19.1. The van der Waals surface area contributed by atoms with Crippen LogP contribution in [0.5, 0.6) is 0 Å². The number of ether oxygens (including phenoxy) is 1. The molecule has 34 heavy (non-hydrogen) atoms. The van der Waals surface area contributed by atoms with Gasteiger partial charge in [-0.15, -0.1) is 6.58 Å². The number of anilines is 1. The number of halogens is 1. The third-order valence-electron chi connectivity index (χ3n) is 7.34. The zero-order valence-corrected chi connectivity index (χ0v) is 19.8. The standard InChI is InChI=1S/C25H31ClN2O6/c1-2-13-27(17-9-7-16(26)8-10-17)23(31)21-25-12-11-18(34-25)19(24(32)33)20(25)22(30)28(21)14-5-3-4-6-15-29/h2,7-10,18-21,29H,1,3-6,11-15H2,(H,32,33)/t18-,19+,20+,21-,25+/m0/s1. The van der Waals surface area contributed by atoms with Crippen molar-refractivity contribution in [1.82, 2.24) is 4.90 Å². The number of carboxylic acid groups (broad SMARTS) is 1. The molecule has 1 spiro atoms. The van der Waals surface area contributed by atoms with Gasteiger partial charge in [-0.25, -0.2) is 0 Å². The fourth-order valence-corrected chi connectivity index (χ4v) is 6.05. The van der Waals surface area contributed by atoms with Crippen molar-refractivity contribution < 1.29 is 29.3 Å². The number of unbranched alkanes of at least 4 members (excludes halogenated alkanes) is 3. The summed E-state index contributed by atoms with van der Waals surface area (Å²) in [6.45, 7) is 4.45. The number of likely N-dealkylation sites (tertiary alicyclic amines) is 1. The molecule has 3 aliphatic heterocycles. The van der Waals surface area contributed by atoms with Crippen molar-refractivity contribution in [2.45, 2.75) is 56.3 Å².